The van der Waals surface area contributed by atoms with Gasteiger partial charge < -0.3 is 4.90 Å². The number of aromatic nitrogens is 2. The van der Waals surface area contributed by atoms with Crippen LogP contribution in [-0.4, -0.2) is 46.4 Å². The number of likely N-dealkylation sites (tertiary alicyclic amines) is 1. The topological polar surface area (TPSA) is 58.1 Å². The lowest BCUT2D eigenvalue weighted by Gasteiger charge is -2.25. The molecule has 0 atom stereocenters. The predicted molar refractivity (Wildman–Crippen MR) is 100 cm³/mol. The quantitative estimate of drug-likeness (QED) is 0.604. The zero-order chi connectivity index (χ0) is 16.8. The molecule has 0 bridgehead atoms. The van der Waals surface area contributed by atoms with Gasteiger partial charge in [0.05, 0.1) is 0 Å². The summed E-state index contributed by atoms with van der Waals surface area (Å²) in [5.74, 6) is 0.799. The second-order valence-electron chi connectivity index (χ2n) is 5.58. The van der Waals surface area contributed by atoms with E-state index in [-0.39, 0.29) is 5.91 Å². The number of anilines is 1. The molecule has 1 fully saturated rings. The van der Waals surface area contributed by atoms with Crippen LogP contribution in [0.25, 0.3) is 0 Å². The highest BCUT2D eigenvalue weighted by molar-refractivity contribution is 8.01. The first-order valence-corrected chi connectivity index (χ1v) is 10.1. The van der Waals surface area contributed by atoms with Crippen molar-refractivity contribution in [3.8, 4) is 0 Å². The Labute approximate surface area is 154 Å². The molecule has 1 saturated heterocycles. The van der Waals surface area contributed by atoms with Crippen molar-refractivity contribution in [2.45, 2.75) is 23.6 Å². The van der Waals surface area contributed by atoms with E-state index >= 15 is 0 Å². The van der Waals surface area contributed by atoms with E-state index in [0.717, 1.165) is 16.6 Å². The molecule has 0 unspecified atom stereocenters. The Morgan fingerprint density at radius 1 is 1.21 bits per heavy atom. The van der Waals surface area contributed by atoms with Crippen LogP contribution in [0, 0.1) is 0 Å². The third-order valence-electron chi connectivity index (χ3n) is 3.82. The van der Waals surface area contributed by atoms with Gasteiger partial charge >= 0.3 is 0 Å². The molecule has 0 saturated carbocycles. The number of nitrogens with zero attached hydrogens (tertiary/aromatic N) is 3. The molecule has 1 N–H and O–H groups in total. The summed E-state index contributed by atoms with van der Waals surface area (Å²) in [7, 11) is 0. The van der Waals surface area contributed by atoms with Crippen LogP contribution >= 0.6 is 34.7 Å². The summed E-state index contributed by atoms with van der Waals surface area (Å²) >= 11 is 8.93. The number of amides is 1. The van der Waals surface area contributed by atoms with Crippen LogP contribution in [0.1, 0.15) is 29.6 Å². The zero-order valence-corrected chi connectivity index (χ0v) is 15.6. The molecule has 1 amide bonds. The van der Waals surface area contributed by atoms with Crippen LogP contribution in [0.15, 0.2) is 28.6 Å². The number of thioether (sulfide) groups is 1. The summed E-state index contributed by atoms with van der Waals surface area (Å²) in [6.07, 6.45) is 3.98. The van der Waals surface area contributed by atoms with E-state index in [1.54, 1.807) is 36.0 Å². The van der Waals surface area contributed by atoms with Crippen molar-refractivity contribution in [2.24, 2.45) is 0 Å². The smallest absolute Gasteiger partial charge is 0.257 e. The van der Waals surface area contributed by atoms with Crippen molar-refractivity contribution in [1.29, 1.82) is 0 Å². The van der Waals surface area contributed by atoms with Crippen molar-refractivity contribution in [1.82, 2.24) is 15.1 Å². The minimum Gasteiger partial charge on any atom is -0.303 e. The molecule has 2 heterocycles. The lowest BCUT2D eigenvalue weighted by atomic mass is 10.1. The zero-order valence-electron chi connectivity index (χ0n) is 13.2. The average molecular weight is 383 g/mol. The third kappa shape index (κ3) is 5.17. The molecule has 0 spiro atoms. The predicted octanol–water partition coefficient (Wildman–Crippen LogP) is 4.02. The second-order valence-corrected chi connectivity index (χ2v) is 8.34. The van der Waals surface area contributed by atoms with Gasteiger partial charge in [-0.3, -0.25) is 10.1 Å². The first kappa shape index (κ1) is 17.7. The Morgan fingerprint density at radius 3 is 2.71 bits per heavy atom. The summed E-state index contributed by atoms with van der Waals surface area (Å²) in [6.45, 7) is 3.49. The summed E-state index contributed by atoms with van der Waals surface area (Å²) in [4.78, 5) is 14.6. The molecule has 1 aliphatic heterocycles. The first-order chi connectivity index (χ1) is 11.7. The fourth-order valence-corrected chi connectivity index (χ4v) is 4.48. The Kier molecular flexibility index (Phi) is 6.48. The van der Waals surface area contributed by atoms with Gasteiger partial charge in [-0.15, -0.1) is 10.2 Å². The Morgan fingerprint density at radius 2 is 1.96 bits per heavy atom. The summed E-state index contributed by atoms with van der Waals surface area (Å²) < 4.78 is 0.887. The number of hydrogen-bond donors (Lipinski definition) is 1. The van der Waals surface area contributed by atoms with Crippen molar-refractivity contribution in [3.05, 3.63) is 34.9 Å². The van der Waals surface area contributed by atoms with Gasteiger partial charge in [-0.05, 0) is 50.2 Å². The van der Waals surface area contributed by atoms with Crippen molar-refractivity contribution in [3.63, 3.8) is 0 Å². The lowest BCUT2D eigenvalue weighted by Crippen LogP contribution is -2.31. The maximum absolute atomic E-state index is 12.1. The number of rotatable bonds is 6. The normalized spacial score (nSPS) is 15.4. The fraction of sp³-hybridized carbons (Fsp3) is 0.438. The standard InChI is InChI=1S/C16H19ClN4OS2/c17-13-6-4-12(5-7-13)14(22)18-15-19-20-16(24-15)23-11-10-21-8-2-1-3-9-21/h4-7H,1-3,8-11H2,(H,18,19,22). The molecule has 128 valence electrons. The molecular formula is C16H19ClN4OS2. The summed E-state index contributed by atoms with van der Waals surface area (Å²) in [5.41, 5.74) is 0.550. The highest BCUT2D eigenvalue weighted by Crippen LogP contribution is 2.26. The minimum atomic E-state index is -0.201. The number of piperidine rings is 1. The van der Waals surface area contributed by atoms with Gasteiger partial charge in [0.15, 0.2) is 4.34 Å². The molecule has 0 aliphatic carbocycles. The number of nitrogens with one attached hydrogen (secondary N) is 1. The lowest BCUT2D eigenvalue weighted by molar-refractivity contribution is 0.102. The van der Waals surface area contributed by atoms with Gasteiger partial charge in [-0.1, -0.05) is 41.1 Å². The highest BCUT2D eigenvalue weighted by atomic mass is 35.5. The van der Waals surface area contributed by atoms with Crippen LogP contribution in [0.2, 0.25) is 5.02 Å². The van der Waals surface area contributed by atoms with Crippen LogP contribution in [-0.2, 0) is 0 Å². The maximum atomic E-state index is 12.1. The number of carbonyl (C=O) groups excluding carboxylic acids is 1. The summed E-state index contributed by atoms with van der Waals surface area (Å²) in [5, 5.41) is 12.1. The largest absolute Gasteiger partial charge is 0.303 e. The van der Waals surface area contributed by atoms with Gasteiger partial charge in [-0.25, -0.2) is 0 Å². The Hall–Kier alpha value is -1.15. The van der Waals surface area contributed by atoms with Crippen molar-refractivity contribution >= 4 is 45.7 Å². The number of hydrogen-bond acceptors (Lipinski definition) is 6. The monoisotopic (exact) mass is 382 g/mol. The Bertz CT molecular complexity index is 671. The maximum Gasteiger partial charge on any atom is 0.257 e. The van der Waals surface area contributed by atoms with E-state index < -0.39 is 0 Å². The van der Waals surface area contributed by atoms with Crippen LogP contribution in [0.3, 0.4) is 0 Å². The van der Waals surface area contributed by atoms with Gasteiger partial charge in [0.25, 0.3) is 5.91 Å². The summed E-state index contributed by atoms with van der Waals surface area (Å²) in [6, 6.07) is 6.76. The molecule has 2 aromatic rings. The minimum absolute atomic E-state index is 0.201. The number of halogens is 1. The van der Waals surface area contributed by atoms with Crippen LogP contribution < -0.4 is 5.32 Å². The molecule has 24 heavy (non-hydrogen) atoms. The molecule has 1 aromatic carbocycles. The highest BCUT2D eigenvalue weighted by Gasteiger charge is 2.12. The molecule has 0 radical (unpaired) electrons. The van der Waals surface area contributed by atoms with E-state index in [1.165, 1.54) is 43.7 Å². The average Bonchev–Trinajstić information content (AvgIpc) is 3.04. The number of benzene rings is 1. The van der Waals surface area contributed by atoms with Gasteiger partial charge in [0, 0.05) is 22.9 Å². The van der Waals surface area contributed by atoms with E-state index in [2.05, 4.69) is 20.4 Å². The fourth-order valence-electron chi connectivity index (χ4n) is 2.53. The first-order valence-electron chi connectivity index (χ1n) is 7.96. The van der Waals surface area contributed by atoms with E-state index in [4.69, 9.17) is 11.6 Å². The molecule has 8 heteroatoms. The third-order valence-corrected chi connectivity index (χ3v) is 6.02. The molecule has 1 aliphatic rings. The second kappa shape index (κ2) is 8.80. The molecule has 1 aromatic heterocycles. The van der Waals surface area contributed by atoms with Gasteiger partial charge in [0.2, 0.25) is 5.13 Å². The van der Waals surface area contributed by atoms with Crippen molar-refractivity contribution < 1.29 is 4.79 Å². The Balaban J connectivity index is 1.46. The van der Waals surface area contributed by atoms with E-state index in [9.17, 15) is 4.79 Å². The molecule has 5 nitrogen and oxygen atoms in total. The SMILES string of the molecule is O=C(Nc1nnc(SCCN2CCCCC2)s1)c1ccc(Cl)cc1. The number of carbonyl (C=O) groups is 1. The van der Waals surface area contributed by atoms with Gasteiger partial charge in [-0.2, -0.15) is 0 Å². The van der Waals surface area contributed by atoms with Crippen LogP contribution in [0.4, 0.5) is 5.13 Å². The van der Waals surface area contributed by atoms with Crippen molar-refractivity contribution in [2.75, 3.05) is 30.7 Å². The molecule has 3 rings (SSSR count). The van der Waals surface area contributed by atoms with Gasteiger partial charge in [0.1, 0.15) is 0 Å². The van der Waals surface area contributed by atoms with E-state index in [1.807, 2.05) is 0 Å². The molecular weight excluding hydrogens is 364 g/mol. The van der Waals surface area contributed by atoms with Crippen LogP contribution in [0.5, 0.6) is 0 Å². The van der Waals surface area contributed by atoms with E-state index in [0.29, 0.717) is 15.7 Å².